The van der Waals surface area contributed by atoms with E-state index in [0.717, 1.165) is 12.0 Å². The first-order valence-corrected chi connectivity index (χ1v) is 8.44. The molecule has 23 heavy (non-hydrogen) atoms. The Bertz CT molecular complexity index is 702. The van der Waals surface area contributed by atoms with Gasteiger partial charge in [-0.15, -0.1) is 11.3 Å². The number of aryl methyl sites for hydroxylation is 1. The summed E-state index contributed by atoms with van der Waals surface area (Å²) in [7, 11) is 1.90. The number of thiophene rings is 1. The zero-order chi connectivity index (χ0) is 16.7. The summed E-state index contributed by atoms with van der Waals surface area (Å²) >= 11 is 1.74. The number of carbonyl (C=O) groups is 1. The Hall–Kier alpha value is -2.16. The van der Waals surface area contributed by atoms with Crippen LogP contribution in [0.2, 0.25) is 0 Å². The normalized spacial score (nSPS) is 10.5. The highest BCUT2D eigenvalue weighted by Crippen LogP contribution is 2.16. The predicted molar refractivity (Wildman–Crippen MR) is 93.0 cm³/mol. The second-order valence-corrected chi connectivity index (χ2v) is 6.74. The van der Waals surface area contributed by atoms with Gasteiger partial charge in [-0.2, -0.15) is 5.26 Å². The summed E-state index contributed by atoms with van der Waals surface area (Å²) < 4.78 is 0. The van der Waals surface area contributed by atoms with Crippen LogP contribution in [0.3, 0.4) is 0 Å². The summed E-state index contributed by atoms with van der Waals surface area (Å²) in [5, 5.41) is 11.9. The van der Waals surface area contributed by atoms with Crippen molar-refractivity contribution in [1.82, 2.24) is 10.2 Å². The number of rotatable bonds is 7. The van der Waals surface area contributed by atoms with Crippen LogP contribution < -0.4 is 5.32 Å². The number of nitrogens with one attached hydrogen (secondary N) is 1. The quantitative estimate of drug-likeness (QED) is 0.850. The van der Waals surface area contributed by atoms with Crippen molar-refractivity contribution in [3.8, 4) is 6.07 Å². The van der Waals surface area contributed by atoms with Crippen molar-refractivity contribution >= 4 is 17.2 Å². The van der Waals surface area contributed by atoms with Gasteiger partial charge in [0, 0.05) is 16.3 Å². The van der Waals surface area contributed by atoms with E-state index in [1.165, 1.54) is 9.75 Å². The number of hydrogen-bond acceptors (Lipinski definition) is 4. The number of benzene rings is 1. The number of amides is 1. The molecular formula is C18H21N3OS. The van der Waals surface area contributed by atoms with Gasteiger partial charge in [0.2, 0.25) is 5.91 Å². The molecule has 2 aromatic rings. The number of nitrogens with zero attached hydrogens (tertiary/aromatic N) is 2. The zero-order valence-corrected chi connectivity index (χ0v) is 14.3. The second-order valence-electron chi connectivity index (χ2n) is 5.48. The molecule has 4 nitrogen and oxygen atoms in total. The standard InChI is InChI=1S/C18H21N3OS/c1-3-16-7-8-17(23-16)11-20-18(22)13-21(2)12-15-6-4-5-14(9-15)10-19/h4-9H,3,11-13H2,1-2H3,(H,20,22). The fourth-order valence-electron chi connectivity index (χ4n) is 2.30. The molecule has 0 bridgehead atoms. The third kappa shape index (κ3) is 5.51. The summed E-state index contributed by atoms with van der Waals surface area (Å²) in [5.74, 6) is 0.00962. The molecule has 1 heterocycles. The lowest BCUT2D eigenvalue weighted by Gasteiger charge is -2.16. The monoisotopic (exact) mass is 327 g/mol. The molecule has 0 spiro atoms. The minimum atomic E-state index is 0.00962. The van der Waals surface area contributed by atoms with Crippen LogP contribution in [0, 0.1) is 11.3 Å². The number of carbonyl (C=O) groups excluding carboxylic acids is 1. The van der Waals surface area contributed by atoms with Crippen LogP contribution in [0.4, 0.5) is 0 Å². The molecular weight excluding hydrogens is 306 g/mol. The smallest absolute Gasteiger partial charge is 0.234 e. The Morgan fingerprint density at radius 1 is 1.30 bits per heavy atom. The van der Waals surface area contributed by atoms with Gasteiger partial charge < -0.3 is 5.32 Å². The van der Waals surface area contributed by atoms with Crippen LogP contribution >= 0.6 is 11.3 Å². The summed E-state index contributed by atoms with van der Waals surface area (Å²) in [6, 6.07) is 13.8. The Kier molecular flexibility index (Phi) is 6.33. The lowest BCUT2D eigenvalue weighted by molar-refractivity contribution is -0.122. The molecule has 1 N–H and O–H groups in total. The van der Waals surface area contributed by atoms with Gasteiger partial charge in [-0.05, 0) is 43.3 Å². The van der Waals surface area contributed by atoms with Crippen molar-refractivity contribution in [2.24, 2.45) is 0 Å². The first-order valence-electron chi connectivity index (χ1n) is 7.62. The molecule has 1 aromatic heterocycles. The highest BCUT2D eigenvalue weighted by atomic mass is 32.1. The maximum atomic E-state index is 12.0. The van der Waals surface area contributed by atoms with Gasteiger partial charge in [0.05, 0.1) is 24.7 Å². The fourth-order valence-corrected chi connectivity index (χ4v) is 3.20. The molecule has 0 unspecified atom stereocenters. The van der Waals surface area contributed by atoms with Crippen molar-refractivity contribution in [3.63, 3.8) is 0 Å². The van der Waals surface area contributed by atoms with Crippen molar-refractivity contribution < 1.29 is 4.79 Å². The van der Waals surface area contributed by atoms with E-state index in [1.54, 1.807) is 17.4 Å². The minimum absolute atomic E-state index is 0.00962. The van der Waals surface area contributed by atoms with Crippen LogP contribution in [0.5, 0.6) is 0 Å². The molecule has 1 aromatic carbocycles. The van der Waals surface area contributed by atoms with Gasteiger partial charge in [0.25, 0.3) is 0 Å². The molecule has 120 valence electrons. The molecule has 0 aliphatic heterocycles. The number of hydrogen-bond donors (Lipinski definition) is 1. The summed E-state index contributed by atoms with van der Waals surface area (Å²) in [5.41, 5.74) is 1.68. The van der Waals surface area contributed by atoms with Crippen molar-refractivity contribution in [3.05, 3.63) is 57.3 Å². The number of nitriles is 1. The van der Waals surface area contributed by atoms with Gasteiger partial charge in [0.15, 0.2) is 0 Å². The van der Waals surface area contributed by atoms with E-state index >= 15 is 0 Å². The van der Waals surface area contributed by atoms with E-state index in [4.69, 9.17) is 5.26 Å². The summed E-state index contributed by atoms with van der Waals surface area (Å²) in [4.78, 5) is 16.5. The van der Waals surface area contributed by atoms with Crippen LogP contribution in [0.25, 0.3) is 0 Å². The first kappa shape index (κ1) is 17.2. The molecule has 0 radical (unpaired) electrons. The Labute approximate surface area is 141 Å². The Morgan fingerprint density at radius 3 is 2.78 bits per heavy atom. The molecule has 0 aliphatic carbocycles. The second kappa shape index (κ2) is 8.47. The van der Waals surface area contributed by atoms with Crippen molar-refractivity contribution in [2.75, 3.05) is 13.6 Å². The third-order valence-electron chi connectivity index (χ3n) is 3.45. The molecule has 0 saturated carbocycles. The molecule has 2 rings (SSSR count). The molecule has 1 amide bonds. The predicted octanol–water partition coefficient (Wildman–Crippen LogP) is 2.93. The van der Waals surface area contributed by atoms with E-state index in [9.17, 15) is 4.79 Å². The highest BCUT2D eigenvalue weighted by Gasteiger charge is 2.08. The maximum absolute atomic E-state index is 12.0. The first-order chi connectivity index (χ1) is 11.1. The van der Waals surface area contributed by atoms with Crippen LogP contribution in [0.1, 0.15) is 27.8 Å². The SMILES string of the molecule is CCc1ccc(CNC(=O)CN(C)Cc2cccc(C#N)c2)s1. The van der Waals surface area contributed by atoms with E-state index in [1.807, 2.05) is 30.1 Å². The molecule has 0 aliphatic rings. The van der Waals surface area contributed by atoms with Gasteiger partial charge in [-0.1, -0.05) is 19.1 Å². The number of likely N-dealkylation sites (N-methyl/N-ethyl adjacent to an activating group) is 1. The molecule has 5 heteroatoms. The average molecular weight is 327 g/mol. The van der Waals surface area contributed by atoms with Crippen molar-refractivity contribution in [1.29, 1.82) is 5.26 Å². The average Bonchev–Trinajstić information content (AvgIpc) is 3.01. The summed E-state index contributed by atoms with van der Waals surface area (Å²) in [6.45, 7) is 3.69. The van der Waals surface area contributed by atoms with Crippen LogP contribution in [-0.2, 0) is 24.3 Å². The Balaban J connectivity index is 1.78. The molecule has 0 fully saturated rings. The molecule has 0 saturated heterocycles. The fraction of sp³-hybridized carbons (Fsp3) is 0.333. The topological polar surface area (TPSA) is 56.1 Å². The van der Waals surface area contributed by atoms with Crippen LogP contribution in [-0.4, -0.2) is 24.4 Å². The maximum Gasteiger partial charge on any atom is 0.234 e. The van der Waals surface area contributed by atoms with Crippen LogP contribution in [0.15, 0.2) is 36.4 Å². The van der Waals surface area contributed by atoms with E-state index in [0.29, 0.717) is 25.2 Å². The third-order valence-corrected chi connectivity index (χ3v) is 4.68. The van der Waals surface area contributed by atoms with Gasteiger partial charge in [-0.3, -0.25) is 9.69 Å². The Morgan fingerprint density at radius 2 is 2.09 bits per heavy atom. The lowest BCUT2D eigenvalue weighted by Crippen LogP contribution is -2.34. The largest absolute Gasteiger partial charge is 0.350 e. The minimum Gasteiger partial charge on any atom is -0.350 e. The molecule has 0 atom stereocenters. The highest BCUT2D eigenvalue weighted by molar-refractivity contribution is 7.11. The van der Waals surface area contributed by atoms with Gasteiger partial charge >= 0.3 is 0 Å². The summed E-state index contributed by atoms with van der Waals surface area (Å²) in [6.07, 6.45) is 1.03. The zero-order valence-electron chi connectivity index (χ0n) is 13.5. The van der Waals surface area contributed by atoms with E-state index < -0.39 is 0 Å². The van der Waals surface area contributed by atoms with E-state index in [2.05, 4.69) is 30.4 Å². The van der Waals surface area contributed by atoms with Gasteiger partial charge in [0.1, 0.15) is 0 Å². The van der Waals surface area contributed by atoms with Crippen molar-refractivity contribution in [2.45, 2.75) is 26.4 Å². The van der Waals surface area contributed by atoms with E-state index in [-0.39, 0.29) is 5.91 Å². The van der Waals surface area contributed by atoms with Gasteiger partial charge in [-0.25, -0.2) is 0 Å². The lowest BCUT2D eigenvalue weighted by atomic mass is 10.1.